The molecule has 2 bridgehead atoms. The van der Waals surface area contributed by atoms with Crippen LogP contribution in [0.2, 0.25) is 0 Å². The fourth-order valence-corrected chi connectivity index (χ4v) is 3.62. The Bertz CT molecular complexity index is 831. The van der Waals surface area contributed by atoms with Crippen LogP contribution in [0.1, 0.15) is 38.1 Å². The first-order valence-electron chi connectivity index (χ1n) is 7.49. The number of amides is 2. The molecule has 0 spiro atoms. The van der Waals surface area contributed by atoms with Gasteiger partial charge in [-0.2, -0.15) is 9.35 Å². The molecule has 3 N–H and O–H groups in total. The quantitative estimate of drug-likeness (QED) is 0.424. The van der Waals surface area contributed by atoms with E-state index < -0.39 is 28.5 Å². The molecule has 3 saturated heterocycles. The van der Waals surface area contributed by atoms with E-state index in [9.17, 15) is 17.8 Å². The molecule has 1 unspecified atom stereocenters. The number of rotatable bonds is 4. The van der Waals surface area contributed by atoms with Gasteiger partial charge in [-0.3, -0.25) is 5.41 Å². The summed E-state index contributed by atoms with van der Waals surface area (Å²) in [5.74, 6) is 0.661. The molecule has 4 heterocycles. The Morgan fingerprint density at radius 2 is 2.12 bits per heavy atom. The average molecular weight is 373 g/mol. The summed E-state index contributed by atoms with van der Waals surface area (Å²) in [4.78, 5) is 13.7. The first kappa shape index (κ1) is 16.0. The highest BCUT2D eigenvalue weighted by molar-refractivity contribution is 7.80. The fourth-order valence-electron chi connectivity index (χ4n) is 3.24. The zero-order chi connectivity index (χ0) is 17.8. The van der Waals surface area contributed by atoms with E-state index in [1.807, 2.05) is 0 Å². The third-order valence-corrected chi connectivity index (χ3v) is 4.68. The summed E-state index contributed by atoms with van der Waals surface area (Å²) in [6.45, 7) is 0.628. The number of urea groups is 1. The molecule has 0 radical (unpaired) electrons. The summed E-state index contributed by atoms with van der Waals surface area (Å²) in [6, 6.07) is -2.10. The molecule has 3 atom stereocenters. The molecule has 1 aromatic heterocycles. The van der Waals surface area contributed by atoms with Gasteiger partial charge in [0, 0.05) is 13.1 Å². The van der Waals surface area contributed by atoms with E-state index in [0.29, 0.717) is 24.4 Å². The summed E-state index contributed by atoms with van der Waals surface area (Å²) in [5.41, 5.74) is 0. The predicted octanol–water partition coefficient (Wildman–Crippen LogP) is -1.32. The molecule has 0 aromatic carbocycles. The summed E-state index contributed by atoms with van der Waals surface area (Å²) in [7, 11) is -5.03. The van der Waals surface area contributed by atoms with E-state index in [4.69, 9.17) is 9.83 Å². The van der Waals surface area contributed by atoms with Crippen molar-refractivity contribution >= 4 is 22.4 Å². The average Bonchev–Trinajstić information content (AvgIpc) is 3.23. The van der Waals surface area contributed by atoms with E-state index >= 15 is 0 Å². The number of carbonyl (C=O) groups is 1. The van der Waals surface area contributed by atoms with Gasteiger partial charge in [-0.05, 0) is 12.8 Å². The van der Waals surface area contributed by atoms with Crippen LogP contribution in [0, 0.1) is 5.41 Å². The van der Waals surface area contributed by atoms with Crippen LogP contribution in [0.4, 0.5) is 4.79 Å². The first-order valence-corrected chi connectivity index (χ1v) is 8.82. The highest BCUT2D eigenvalue weighted by atomic mass is 32.3. The van der Waals surface area contributed by atoms with Crippen molar-refractivity contribution in [1.29, 1.82) is 5.41 Å². The lowest BCUT2D eigenvalue weighted by Crippen LogP contribution is -2.35. The lowest BCUT2D eigenvalue weighted by molar-refractivity contribution is -0.0328. The maximum Gasteiger partial charge on any atom is 1.00 e. The number of hydroxylamine groups is 2. The number of carbonyl (C=O) groups excluding carboxylic acids is 1. The highest BCUT2D eigenvalue weighted by Gasteiger charge is 2.48. The molecular weight excluding hydrogens is 358 g/mol. The summed E-state index contributed by atoms with van der Waals surface area (Å²) < 4.78 is 42.3. The minimum atomic E-state index is -5.03. The van der Waals surface area contributed by atoms with Crippen LogP contribution in [0.25, 0.3) is 0 Å². The van der Waals surface area contributed by atoms with E-state index in [-0.39, 0.29) is 31.8 Å². The second-order valence-electron chi connectivity index (χ2n) is 5.92. The van der Waals surface area contributed by atoms with E-state index in [1.54, 1.807) is 0 Å². The molecule has 3 aliphatic heterocycles. The molecule has 14 heteroatoms. The molecule has 0 saturated carbocycles. The SMILES string of the molecule is N=C1NCC(c2nnc([C@@H]3CC[C@@H]4CN3C(=O)N4OS(=O)(=O)[O-])o2)N1.[H+]. The van der Waals surface area contributed by atoms with E-state index in [2.05, 4.69) is 25.1 Å². The highest BCUT2D eigenvalue weighted by Crippen LogP contribution is 2.38. The van der Waals surface area contributed by atoms with Gasteiger partial charge in [0.1, 0.15) is 12.1 Å². The number of fused-ring (bicyclic) bond motifs is 2. The number of guanidine groups is 1. The van der Waals surface area contributed by atoms with Gasteiger partial charge in [-0.25, -0.2) is 13.2 Å². The molecular formula is C11H15N7O6S. The summed E-state index contributed by atoms with van der Waals surface area (Å²) in [6.07, 6.45) is 0.886. The maximum atomic E-state index is 12.3. The molecule has 25 heavy (non-hydrogen) atoms. The number of piperidine rings is 1. The van der Waals surface area contributed by atoms with Crippen molar-refractivity contribution in [2.24, 2.45) is 0 Å². The van der Waals surface area contributed by atoms with Gasteiger partial charge in [0.05, 0.1) is 6.04 Å². The van der Waals surface area contributed by atoms with Gasteiger partial charge in [0.25, 0.3) is 0 Å². The summed E-state index contributed by atoms with van der Waals surface area (Å²) >= 11 is 0. The van der Waals surface area contributed by atoms with Crippen molar-refractivity contribution in [2.45, 2.75) is 31.0 Å². The summed E-state index contributed by atoms with van der Waals surface area (Å²) in [5, 5.41) is 21.6. The van der Waals surface area contributed by atoms with Crippen LogP contribution in [0.5, 0.6) is 0 Å². The number of nitrogens with zero attached hydrogens (tertiary/aromatic N) is 4. The predicted molar refractivity (Wildman–Crippen MR) is 77.5 cm³/mol. The van der Waals surface area contributed by atoms with Crippen molar-refractivity contribution in [3.63, 3.8) is 0 Å². The molecule has 3 aliphatic rings. The van der Waals surface area contributed by atoms with Crippen molar-refractivity contribution in [3.8, 4) is 0 Å². The fraction of sp³-hybridized carbons (Fsp3) is 0.636. The van der Waals surface area contributed by atoms with Crippen molar-refractivity contribution in [1.82, 2.24) is 30.8 Å². The molecule has 3 fully saturated rings. The number of nitrogens with one attached hydrogen (secondary N) is 3. The third kappa shape index (κ3) is 2.87. The molecule has 13 nitrogen and oxygen atoms in total. The second-order valence-corrected chi connectivity index (χ2v) is 6.89. The van der Waals surface area contributed by atoms with Gasteiger partial charge >= 0.3 is 7.46 Å². The van der Waals surface area contributed by atoms with Gasteiger partial charge in [-0.1, -0.05) is 0 Å². The van der Waals surface area contributed by atoms with Gasteiger partial charge in [0.2, 0.25) is 22.2 Å². The Labute approximate surface area is 143 Å². The monoisotopic (exact) mass is 373 g/mol. The number of hydrogen-bond acceptors (Lipinski definition) is 9. The van der Waals surface area contributed by atoms with Crippen molar-refractivity contribution < 1.29 is 27.9 Å². The minimum Gasteiger partial charge on any atom is -0.724 e. The van der Waals surface area contributed by atoms with E-state index in [1.165, 1.54) is 4.90 Å². The minimum absolute atomic E-state index is 0. The van der Waals surface area contributed by atoms with Crippen LogP contribution in [-0.4, -0.2) is 64.3 Å². The Morgan fingerprint density at radius 1 is 1.36 bits per heavy atom. The van der Waals surface area contributed by atoms with E-state index in [0.717, 1.165) is 0 Å². The third-order valence-electron chi connectivity index (χ3n) is 4.34. The smallest absolute Gasteiger partial charge is 0.724 e. The van der Waals surface area contributed by atoms with Gasteiger partial charge in [0.15, 0.2) is 5.96 Å². The van der Waals surface area contributed by atoms with Crippen LogP contribution in [0.15, 0.2) is 4.42 Å². The molecule has 2 amide bonds. The lowest BCUT2D eigenvalue weighted by Gasteiger charge is -2.27. The Hall–Kier alpha value is -2.45. The number of hydrogen-bond donors (Lipinski definition) is 3. The number of aromatic nitrogens is 2. The standard InChI is InChI=1S/C11H15N7O6S/c12-10-13-3-6(14-10)8-15-16-9(23-8)7-2-1-5-4-17(7)11(19)18(5)24-25(20,21)22/h5-7H,1-4H2,(H3,12,13,14)(H,20,21,22)/t5-,6?,7+/m1/s1. The van der Waals surface area contributed by atoms with Gasteiger partial charge in [-0.15, -0.1) is 10.2 Å². The van der Waals surface area contributed by atoms with Crippen molar-refractivity contribution in [3.05, 3.63) is 11.8 Å². The Kier molecular flexibility index (Phi) is 3.55. The molecule has 1 aromatic rings. The maximum absolute atomic E-state index is 12.3. The zero-order valence-corrected chi connectivity index (χ0v) is 13.5. The zero-order valence-electron chi connectivity index (χ0n) is 13.7. The topological polar surface area (TPSA) is 177 Å². The molecule has 0 aliphatic carbocycles. The van der Waals surface area contributed by atoms with Crippen LogP contribution < -0.4 is 10.6 Å². The largest absolute Gasteiger partial charge is 1.00 e. The Balaban J connectivity index is 0.00000196. The normalized spacial score (nSPS) is 29.1. The van der Waals surface area contributed by atoms with Gasteiger partial charge < -0.3 is 24.5 Å². The van der Waals surface area contributed by atoms with Crippen molar-refractivity contribution in [2.75, 3.05) is 13.1 Å². The van der Waals surface area contributed by atoms with Crippen LogP contribution >= 0.6 is 0 Å². The van der Waals surface area contributed by atoms with Crippen LogP contribution in [-0.2, 0) is 14.7 Å². The first-order chi connectivity index (χ1) is 11.8. The lowest BCUT2D eigenvalue weighted by atomic mass is 10.0. The Morgan fingerprint density at radius 3 is 2.80 bits per heavy atom. The molecule has 136 valence electrons. The second kappa shape index (κ2) is 5.53. The van der Waals surface area contributed by atoms with Crippen LogP contribution in [0.3, 0.4) is 0 Å². The molecule has 4 rings (SSSR count).